The highest BCUT2D eigenvalue weighted by Crippen LogP contribution is 2.20. The predicted octanol–water partition coefficient (Wildman–Crippen LogP) is 3.79. The molecule has 0 aliphatic carbocycles. The maximum Gasteiger partial charge on any atom is 0.363 e. The molecule has 3 rings (SSSR count). The Morgan fingerprint density at radius 2 is 1.85 bits per heavy atom. The zero-order valence-corrected chi connectivity index (χ0v) is 12.0. The number of nitrogens with zero attached hydrogens (tertiary/aromatic N) is 1. The largest absolute Gasteiger partial charge is 0.402 e. The molecule has 0 aromatic heterocycles. The Kier molecular flexibility index (Phi) is 3.48. The number of cyclic esters (lactones) is 1. The van der Waals surface area contributed by atoms with E-state index in [9.17, 15) is 4.79 Å². The van der Waals surface area contributed by atoms with E-state index in [-0.39, 0.29) is 0 Å². The van der Waals surface area contributed by atoms with Gasteiger partial charge in [0.05, 0.1) is 0 Å². The van der Waals surface area contributed by atoms with E-state index in [0.29, 0.717) is 11.6 Å². The molecule has 2 aromatic rings. The van der Waals surface area contributed by atoms with E-state index in [1.165, 1.54) is 0 Å². The number of hydrogen-bond donors (Lipinski definition) is 0. The molecule has 0 amide bonds. The second-order valence-electron chi connectivity index (χ2n) is 4.26. The summed E-state index contributed by atoms with van der Waals surface area (Å²) in [5.74, 6) is -0.0827. The number of ether oxygens (including phenoxy) is 1. The minimum atomic E-state index is -0.427. The van der Waals surface area contributed by atoms with E-state index < -0.39 is 5.97 Å². The van der Waals surface area contributed by atoms with Crippen molar-refractivity contribution in [3.8, 4) is 0 Å². The third kappa shape index (κ3) is 2.70. The van der Waals surface area contributed by atoms with Gasteiger partial charge in [-0.15, -0.1) is 0 Å². The van der Waals surface area contributed by atoms with Crippen LogP contribution < -0.4 is 0 Å². The van der Waals surface area contributed by atoms with Gasteiger partial charge < -0.3 is 4.74 Å². The topological polar surface area (TPSA) is 38.7 Å². The van der Waals surface area contributed by atoms with Crippen LogP contribution in [0.4, 0.5) is 0 Å². The molecule has 2 aromatic carbocycles. The molecule has 0 bridgehead atoms. The Morgan fingerprint density at radius 3 is 2.60 bits per heavy atom. The molecule has 0 unspecified atom stereocenters. The highest BCUT2D eigenvalue weighted by molar-refractivity contribution is 9.10. The molecule has 0 fully saturated rings. The van der Waals surface area contributed by atoms with Crippen molar-refractivity contribution in [1.82, 2.24) is 0 Å². The van der Waals surface area contributed by atoms with Crippen LogP contribution in [-0.4, -0.2) is 11.9 Å². The first-order valence-electron chi connectivity index (χ1n) is 6.06. The van der Waals surface area contributed by atoms with Crippen molar-refractivity contribution in [3.63, 3.8) is 0 Å². The van der Waals surface area contributed by atoms with Crippen LogP contribution in [0.2, 0.25) is 0 Å². The second kappa shape index (κ2) is 5.43. The average Bonchev–Trinajstić information content (AvgIpc) is 2.81. The molecule has 20 heavy (non-hydrogen) atoms. The molecule has 1 aliphatic heterocycles. The lowest BCUT2D eigenvalue weighted by Gasteiger charge is -1.97. The Morgan fingerprint density at radius 1 is 1.05 bits per heavy atom. The summed E-state index contributed by atoms with van der Waals surface area (Å²) in [7, 11) is 0. The molecule has 0 saturated heterocycles. The monoisotopic (exact) mass is 327 g/mol. The minimum absolute atomic E-state index is 0.307. The van der Waals surface area contributed by atoms with E-state index in [0.717, 1.165) is 15.6 Å². The molecule has 0 radical (unpaired) electrons. The van der Waals surface area contributed by atoms with Crippen molar-refractivity contribution in [2.45, 2.75) is 0 Å². The van der Waals surface area contributed by atoms with Gasteiger partial charge in [-0.2, -0.15) is 0 Å². The van der Waals surface area contributed by atoms with E-state index in [2.05, 4.69) is 20.9 Å². The van der Waals surface area contributed by atoms with Gasteiger partial charge in [0.25, 0.3) is 0 Å². The number of carbonyl (C=O) groups is 1. The third-order valence-corrected chi connectivity index (χ3v) is 3.29. The molecule has 1 heterocycles. The zero-order chi connectivity index (χ0) is 13.9. The number of carbonyl (C=O) groups excluding carboxylic acids is 1. The van der Waals surface area contributed by atoms with Gasteiger partial charge in [-0.3, -0.25) is 0 Å². The summed E-state index contributed by atoms with van der Waals surface area (Å²) in [6.45, 7) is 0. The molecule has 98 valence electrons. The van der Waals surface area contributed by atoms with Crippen molar-refractivity contribution < 1.29 is 9.53 Å². The molecule has 1 aliphatic rings. The Labute approximate surface area is 124 Å². The highest BCUT2D eigenvalue weighted by atomic mass is 79.9. The summed E-state index contributed by atoms with van der Waals surface area (Å²) in [4.78, 5) is 16.1. The van der Waals surface area contributed by atoms with Crippen LogP contribution in [0.1, 0.15) is 11.1 Å². The molecule has 0 N–H and O–H groups in total. The highest BCUT2D eigenvalue weighted by Gasteiger charge is 2.23. The van der Waals surface area contributed by atoms with Crippen LogP contribution in [0.3, 0.4) is 0 Å². The lowest BCUT2D eigenvalue weighted by Crippen LogP contribution is -2.04. The number of aliphatic imine (C=N–C) groups is 1. The summed E-state index contributed by atoms with van der Waals surface area (Å²) in [5, 5.41) is 0. The first-order valence-corrected chi connectivity index (χ1v) is 6.85. The van der Waals surface area contributed by atoms with E-state index in [4.69, 9.17) is 4.74 Å². The fourth-order valence-electron chi connectivity index (χ4n) is 1.87. The van der Waals surface area contributed by atoms with Crippen LogP contribution in [0.15, 0.2) is 69.8 Å². The van der Waals surface area contributed by atoms with Crippen LogP contribution in [0, 0.1) is 0 Å². The van der Waals surface area contributed by atoms with Gasteiger partial charge in [0.2, 0.25) is 5.90 Å². The molecule has 0 atom stereocenters. The first kappa shape index (κ1) is 12.8. The number of benzene rings is 2. The van der Waals surface area contributed by atoms with Crippen molar-refractivity contribution in [2.24, 2.45) is 4.99 Å². The smallest absolute Gasteiger partial charge is 0.363 e. The van der Waals surface area contributed by atoms with Crippen LogP contribution in [0.25, 0.3) is 6.08 Å². The van der Waals surface area contributed by atoms with E-state index >= 15 is 0 Å². The maximum absolute atomic E-state index is 11.8. The van der Waals surface area contributed by atoms with Crippen molar-refractivity contribution in [2.75, 3.05) is 0 Å². The van der Waals surface area contributed by atoms with Crippen molar-refractivity contribution >= 4 is 33.9 Å². The lowest BCUT2D eigenvalue weighted by atomic mass is 10.2. The SMILES string of the molecule is O=C1OC(c2ccccc2)=N/C1=C\c1cccc(Br)c1. The maximum atomic E-state index is 11.8. The lowest BCUT2D eigenvalue weighted by molar-refractivity contribution is -0.129. The number of hydrogen-bond acceptors (Lipinski definition) is 3. The van der Waals surface area contributed by atoms with Gasteiger partial charge in [0.1, 0.15) is 0 Å². The van der Waals surface area contributed by atoms with Gasteiger partial charge in [0, 0.05) is 10.0 Å². The first-order chi connectivity index (χ1) is 9.72. The van der Waals surface area contributed by atoms with Gasteiger partial charge in [0.15, 0.2) is 5.70 Å². The molecular formula is C16H10BrNO2. The van der Waals surface area contributed by atoms with Gasteiger partial charge >= 0.3 is 5.97 Å². The molecule has 0 saturated carbocycles. The summed E-state index contributed by atoms with van der Waals surface area (Å²) >= 11 is 3.39. The van der Waals surface area contributed by atoms with E-state index in [1.54, 1.807) is 6.08 Å². The standard InChI is InChI=1S/C16H10BrNO2/c17-13-8-4-5-11(9-13)10-14-16(19)20-15(18-14)12-6-2-1-3-7-12/h1-10H/b14-10-. The third-order valence-electron chi connectivity index (χ3n) is 2.79. The van der Waals surface area contributed by atoms with E-state index in [1.807, 2.05) is 54.6 Å². The van der Waals surface area contributed by atoms with Crippen molar-refractivity contribution in [1.29, 1.82) is 0 Å². The number of halogens is 1. The average molecular weight is 328 g/mol. The fraction of sp³-hybridized carbons (Fsp3) is 0. The number of esters is 1. The van der Waals surface area contributed by atoms with Gasteiger partial charge in [-0.1, -0.05) is 46.3 Å². The molecule has 4 heteroatoms. The predicted molar refractivity (Wildman–Crippen MR) is 81.2 cm³/mol. The Balaban J connectivity index is 1.95. The zero-order valence-electron chi connectivity index (χ0n) is 10.4. The summed E-state index contributed by atoms with van der Waals surface area (Å²) in [6, 6.07) is 17.0. The molecule has 3 nitrogen and oxygen atoms in total. The Hall–Kier alpha value is -2.20. The summed E-state index contributed by atoms with van der Waals surface area (Å²) in [6.07, 6.45) is 1.71. The summed E-state index contributed by atoms with van der Waals surface area (Å²) in [5.41, 5.74) is 1.99. The minimum Gasteiger partial charge on any atom is -0.402 e. The van der Waals surface area contributed by atoms with Crippen LogP contribution >= 0.6 is 15.9 Å². The quantitative estimate of drug-likeness (QED) is 0.621. The molecular weight excluding hydrogens is 318 g/mol. The molecule has 0 spiro atoms. The van der Waals surface area contributed by atoms with Crippen molar-refractivity contribution in [3.05, 3.63) is 75.9 Å². The van der Waals surface area contributed by atoms with Crippen LogP contribution in [0.5, 0.6) is 0 Å². The Bertz CT molecular complexity index is 720. The summed E-state index contributed by atoms with van der Waals surface area (Å²) < 4.78 is 6.14. The fourth-order valence-corrected chi connectivity index (χ4v) is 2.28. The van der Waals surface area contributed by atoms with Crippen LogP contribution in [-0.2, 0) is 9.53 Å². The van der Waals surface area contributed by atoms with Gasteiger partial charge in [-0.05, 0) is 35.9 Å². The van der Waals surface area contributed by atoms with Gasteiger partial charge in [-0.25, -0.2) is 9.79 Å². The normalized spacial score (nSPS) is 16.1. The second-order valence-corrected chi connectivity index (χ2v) is 5.17. The number of rotatable bonds is 2.